The van der Waals surface area contributed by atoms with E-state index in [0.717, 1.165) is 0 Å². The number of hydrogen-bond donors (Lipinski definition) is 1. The van der Waals surface area contributed by atoms with Crippen LogP contribution in [0.5, 0.6) is 0 Å². The van der Waals surface area contributed by atoms with Crippen molar-refractivity contribution in [2.45, 2.75) is 6.42 Å². The summed E-state index contributed by atoms with van der Waals surface area (Å²) in [6, 6.07) is 4.49. The number of nitro groups is 1. The second-order valence-corrected chi connectivity index (χ2v) is 3.74. The molecule has 19 heavy (non-hydrogen) atoms. The zero-order valence-corrected chi connectivity index (χ0v) is 9.85. The summed E-state index contributed by atoms with van der Waals surface area (Å²) < 4.78 is 0. The number of H-pyrrole nitrogens is 1. The smallest absolute Gasteiger partial charge is 0.270 e. The minimum Gasteiger partial charge on any atom is -0.277 e. The molecular weight excluding hydrogens is 248 g/mol. The molecule has 0 aliphatic rings. The van der Waals surface area contributed by atoms with E-state index in [1.165, 1.54) is 12.1 Å². The van der Waals surface area contributed by atoms with Crippen LogP contribution in [0.3, 0.4) is 0 Å². The fraction of sp³-hybridized carbons (Fsp3) is 0.182. The maximum absolute atomic E-state index is 10.7. The zero-order valence-electron chi connectivity index (χ0n) is 9.85. The molecule has 2 rings (SSSR count). The van der Waals surface area contributed by atoms with Gasteiger partial charge in [0.05, 0.1) is 16.1 Å². The van der Waals surface area contributed by atoms with Crippen molar-refractivity contribution in [2.24, 2.45) is 5.11 Å². The number of aromatic amines is 1. The first-order valence-corrected chi connectivity index (χ1v) is 5.52. The van der Waals surface area contributed by atoms with Crippen LogP contribution in [0, 0.1) is 10.1 Å². The molecule has 1 aromatic carbocycles. The minimum absolute atomic E-state index is 0.0256. The van der Waals surface area contributed by atoms with E-state index in [1.807, 2.05) is 6.08 Å². The lowest BCUT2D eigenvalue weighted by molar-refractivity contribution is -0.384. The first-order valence-electron chi connectivity index (χ1n) is 5.52. The highest BCUT2D eigenvalue weighted by atomic mass is 16.6. The van der Waals surface area contributed by atoms with Gasteiger partial charge in [0.2, 0.25) is 0 Å². The summed E-state index contributed by atoms with van der Waals surface area (Å²) in [7, 11) is 0. The van der Waals surface area contributed by atoms with Gasteiger partial charge >= 0.3 is 0 Å². The predicted molar refractivity (Wildman–Crippen MR) is 70.4 cm³/mol. The molecule has 1 heterocycles. The molecule has 1 aromatic heterocycles. The second kappa shape index (κ2) is 5.65. The quantitative estimate of drug-likeness (QED) is 0.221. The van der Waals surface area contributed by atoms with E-state index in [9.17, 15) is 10.1 Å². The lowest BCUT2D eigenvalue weighted by atomic mass is 10.2. The third-order valence-corrected chi connectivity index (χ3v) is 2.52. The zero-order chi connectivity index (χ0) is 13.7. The monoisotopic (exact) mass is 258 g/mol. The topological polar surface area (TPSA) is 121 Å². The molecule has 0 aliphatic heterocycles. The Bertz CT molecular complexity index is 684. The Morgan fingerprint density at radius 2 is 2.42 bits per heavy atom. The van der Waals surface area contributed by atoms with Crippen molar-refractivity contribution >= 4 is 22.7 Å². The van der Waals surface area contributed by atoms with Crippen LogP contribution in [0.4, 0.5) is 5.69 Å². The van der Waals surface area contributed by atoms with Gasteiger partial charge in [0, 0.05) is 29.0 Å². The van der Waals surface area contributed by atoms with Crippen molar-refractivity contribution in [1.82, 2.24) is 10.2 Å². The van der Waals surface area contributed by atoms with Crippen LogP contribution in [0.15, 0.2) is 29.4 Å². The van der Waals surface area contributed by atoms with Gasteiger partial charge in [-0.1, -0.05) is 11.2 Å². The molecule has 0 bridgehead atoms. The Morgan fingerprint density at radius 1 is 1.58 bits per heavy atom. The van der Waals surface area contributed by atoms with Crippen molar-refractivity contribution in [1.29, 1.82) is 0 Å². The summed E-state index contributed by atoms with van der Waals surface area (Å²) >= 11 is 0. The summed E-state index contributed by atoms with van der Waals surface area (Å²) in [5.74, 6) is 0. The molecule has 96 valence electrons. The average molecular weight is 258 g/mol. The van der Waals surface area contributed by atoms with Gasteiger partial charge in [0.25, 0.3) is 5.69 Å². The molecule has 8 nitrogen and oxygen atoms in total. The van der Waals surface area contributed by atoms with Gasteiger partial charge in [-0.05, 0) is 24.1 Å². The van der Waals surface area contributed by atoms with Crippen LogP contribution in [0.2, 0.25) is 0 Å². The summed E-state index contributed by atoms with van der Waals surface area (Å²) in [4.78, 5) is 12.9. The van der Waals surface area contributed by atoms with Gasteiger partial charge < -0.3 is 0 Å². The van der Waals surface area contributed by atoms with Crippen LogP contribution >= 0.6 is 0 Å². The number of nitro benzene ring substituents is 1. The summed E-state index contributed by atoms with van der Waals surface area (Å²) in [5.41, 5.74) is 9.51. The molecule has 0 spiro atoms. The van der Waals surface area contributed by atoms with Gasteiger partial charge in [-0.3, -0.25) is 15.2 Å². The molecule has 0 radical (unpaired) electrons. The van der Waals surface area contributed by atoms with Crippen molar-refractivity contribution < 1.29 is 4.92 Å². The number of aromatic nitrogens is 2. The largest absolute Gasteiger partial charge is 0.277 e. The molecule has 8 heteroatoms. The highest BCUT2D eigenvalue weighted by Crippen LogP contribution is 2.22. The number of fused-ring (bicyclic) bond motifs is 1. The highest BCUT2D eigenvalue weighted by molar-refractivity contribution is 5.88. The maximum atomic E-state index is 10.7. The van der Waals surface area contributed by atoms with Crippen LogP contribution in [0.25, 0.3) is 27.4 Å². The van der Waals surface area contributed by atoms with E-state index >= 15 is 0 Å². The fourth-order valence-electron chi connectivity index (χ4n) is 1.64. The van der Waals surface area contributed by atoms with E-state index in [-0.39, 0.29) is 5.69 Å². The van der Waals surface area contributed by atoms with Gasteiger partial charge in [-0.2, -0.15) is 5.10 Å². The molecule has 0 saturated carbocycles. The number of nitrogens with one attached hydrogen (secondary N) is 1. The second-order valence-electron chi connectivity index (χ2n) is 3.74. The van der Waals surface area contributed by atoms with Crippen LogP contribution in [0.1, 0.15) is 12.1 Å². The van der Waals surface area contributed by atoms with Crippen LogP contribution in [-0.2, 0) is 0 Å². The van der Waals surface area contributed by atoms with E-state index in [1.54, 1.807) is 12.1 Å². The lowest BCUT2D eigenvalue weighted by Gasteiger charge is -1.92. The Kier molecular flexibility index (Phi) is 3.75. The minimum atomic E-state index is -0.443. The Hall–Kier alpha value is -2.86. The Morgan fingerprint density at radius 3 is 3.16 bits per heavy atom. The summed E-state index contributed by atoms with van der Waals surface area (Å²) in [5, 5.41) is 21.7. The van der Waals surface area contributed by atoms with Gasteiger partial charge in [0.1, 0.15) is 0 Å². The fourth-order valence-corrected chi connectivity index (χ4v) is 1.64. The first-order chi connectivity index (χ1) is 9.22. The molecule has 0 fully saturated rings. The first kappa shape index (κ1) is 12.6. The van der Waals surface area contributed by atoms with E-state index in [4.69, 9.17) is 5.53 Å². The number of benzene rings is 1. The highest BCUT2D eigenvalue weighted by Gasteiger charge is 2.09. The Balaban J connectivity index is 2.25. The summed E-state index contributed by atoms with van der Waals surface area (Å²) in [6.07, 6.45) is 4.19. The van der Waals surface area contributed by atoms with Gasteiger partial charge in [-0.15, -0.1) is 0 Å². The Labute approximate surface area is 107 Å². The van der Waals surface area contributed by atoms with Crippen molar-refractivity contribution in [3.8, 4) is 0 Å². The number of rotatable bonds is 5. The van der Waals surface area contributed by atoms with E-state index < -0.39 is 4.92 Å². The maximum Gasteiger partial charge on any atom is 0.270 e. The molecule has 0 atom stereocenters. The molecule has 1 N–H and O–H groups in total. The SMILES string of the molecule is [N-]=[N+]=NCCC=Cc1[nH]nc2ccc([N+](=O)[O-])cc12. The van der Waals surface area contributed by atoms with E-state index in [0.29, 0.717) is 29.6 Å². The average Bonchev–Trinajstić information content (AvgIpc) is 2.81. The summed E-state index contributed by atoms with van der Waals surface area (Å²) in [6.45, 7) is 0.374. The lowest BCUT2D eigenvalue weighted by Crippen LogP contribution is -1.86. The van der Waals surface area contributed by atoms with Gasteiger partial charge in [0.15, 0.2) is 0 Å². The van der Waals surface area contributed by atoms with Crippen molar-refractivity contribution in [3.63, 3.8) is 0 Å². The van der Waals surface area contributed by atoms with Crippen LogP contribution < -0.4 is 0 Å². The van der Waals surface area contributed by atoms with Gasteiger partial charge in [-0.25, -0.2) is 0 Å². The number of azide groups is 1. The van der Waals surface area contributed by atoms with Crippen molar-refractivity contribution in [2.75, 3.05) is 6.54 Å². The van der Waals surface area contributed by atoms with E-state index in [2.05, 4.69) is 20.2 Å². The third-order valence-electron chi connectivity index (χ3n) is 2.52. The molecule has 0 saturated heterocycles. The molecule has 2 aromatic rings. The van der Waals surface area contributed by atoms with Crippen LogP contribution in [-0.4, -0.2) is 21.7 Å². The normalized spacial score (nSPS) is 10.7. The molecule has 0 unspecified atom stereocenters. The molecule has 0 amide bonds. The molecular formula is C11H10N6O2. The predicted octanol–water partition coefficient (Wildman–Crippen LogP) is 3.18. The number of hydrogen-bond acceptors (Lipinski definition) is 4. The number of non-ortho nitro benzene ring substituents is 1. The van der Waals surface area contributed by atoms with Crippen molar-refractivity contribution in [3.05, 3.63) is 50.5 Å². The third kappa shape index (κ3) is 2.88. The standard InChI is InChI=1S/C11H10N6O2/c12-16-13-6-2-1-3-10-9-7-8(17(18)19)4-5-11(9)15-14-10/h1,3-5,7H,2,6H2,(H,14,15). The number of nitrogens with zero attached hydrogens (tertiary/aromatic N) is 5. The molecule has 0 aliphatic carbocycles.